The summed E-state index contributed by atoms with van der Waals surface area (Å²) in [5.41, 5.74) is 0. The van der Waals surface area contributed by atoms with Crippen molar-refractivity contribution in [1.82, 2.24) is 5.32 Å². The summed E-state index contributed by atoms with van der Waals surface area (Å²) >= 11 is 0. The molecule has 0 unspecified atom stereocenters. The maximum atomic E-state index is 12.0. The molecule has 1 saturated carbocycles. The van der Waals surface area contributed by atoms with Crippen LogP contribution < -0.4 is 14.8 Å². The Morgan fingerprint density at radius 3 is 2.19 bits per heavy atom. The summed E-state index contributed by atoms with van der Waals surface area (Å²) in [5.74, 6) is 0.781. The second kappa shape index (κ2) is 12.2. The molecule has 0 spiro atoms. The number of benzene rings is 1. The number of esters is 1. The van der Waals surface area contributed by atoms with Gasteiger partial charge in [-0.15, -0.1) is 0 Å². The predicted molar refractivity (Wildman–Crippen MR) is 103 cm³/mol. The standard InChI is InChI=1S/C21H31NO5/c1-2-25-18-10-12-19(13-11-18)26-15-14-21(24)27-16-20(23)22-17-8-6-4-3-5-7-9-17/h10-13,17H,2-9,14-16H2,1H3,(H,22,23). The van der Waals surface area contributed by atoms with Crippen molar-refractivity contribution >= 4 is 11.9 Å². The maximum absolute atomic E-state index is 12.0. The highest BCUT2D eigenvalue weighted by Gasteiger charge is 2.15. The summed E-state index contributed by atoms with van der Waals surface area (Å²) in [7, 11) is 0. The first-order chi connectivity index (χ1) is 13.2. The lowest BCUT2D eigenvalue weighted by Gasteiger charge is -2.20. The predicted octanol–water partition coefficient (Wildman–Crippen LogP) is 3.63. The molecule has 0 aliphatic heterocycles. The van der Waals surface area contributed by atoms with Crippen LogP contribution in [0.15, 0.2) is 24.3 Å². The van der Waals surface area contributed by atoms with Crippen LogP contribution in [0.5, 0.6) is 11.5 Å². The number of amides is 1. The number of ether oxygens (including phenoxy) is 3. The summed E-state index contributed by atoms with van der Waals surface area (Å²) in [6.07, 6.45) is 8.17. The van der Waals surface area contributed by atoms with E-state index >= 15 is 0 Å². The minimum absolute atomic E-state index is 0.101. The highest BCUT2D eigenvalue weighted by atomic mass is 16.5. The molecule has 1 fully saturated rings. The van der Waals surface area contributed by atoms with Crippen LogP contribution in [0.3, 0.4) is 0 Å². The number of rotatable bonds is 9. The zero-order chi connectivity index (χ0) is 19.3. The van der Waals surface area contributed by atoms with Gasteiger partial charge in [-0.3, -0.25) is 9.59 Å². The summed E-state index contributed by atoms with van der Waals surface area (Å²) in [6.45, 7) is 2.52. The van der Waals surface area contributed by atoms with Crippen molar-refractivity contribution in [3.63, 3.8) is 0 Å². The van der Waals surface area contributed by atoms with Gasteiger partial charge in [0, 0.05) is 6.04 Å². The van der Waals surface area contributed by atoms with Crippen molar-refractivity contribution in [3.05, 3.63) is 24.3 Å². The maximum Gasteiger partial charge on any atom is 0.309 e. The van der Waals surface area contributed by atoms with E-state index < -0.39 is 5.97 Å². The summed E-state index contributed by atoms with van der Waals surface area (Å²) in [5, 5.41) is 2.98. The van der Waals surface area contributed by atoms with E-state index in [1.165, 1.54) is 19.3 Å². The molecule has 0 aromatic heterocycles. The van der Waals surface area contributed by atoms with Crippen LogP contribution in [-0.4, -0.2) is 37.7 Å². The van der Waals surface area contributed by atoms with Gasteiger partial charge in [-0.2, -0.15) is 0 Å². The molecule has 150 valence electrons. The van der Waals surface area contributed by atoms with E-state index in [2.05, 4.69) is 5.32 Å². The minimum Gasteiger partial charge on any atom is -0.494 e. The van der Waals surface area contributed by atoms with Crippen molar-refractivity contribution in [2.75, 3.05) is 19.8 Å². The lowest BCUT2D eigenvalue weighted by atomic mass is 9.97. The molecule has 27 heavy (non-hydrogen) atoms. The van der Waals surface area contributed by atoms with Crippen molar-refractivity contribution in [2.24, 2.45) is 0 Å². The number of nitrogens with one attached hydrogen (secondary N) is 1. The third-order valence-electron chi connectivity index (χ3n) is 4.54. The van der Waals surface area contributed by atoms with Crippen LogP contribution in [0.4, 0.5) is 0 Å². The van der Waals surface area contributed by atoms with E-state index in [9.17, 15) is 9.59 Å². The van der Waals surface area contributed by atoms with Gasteiger partial charge >= 0.3 is 5.97 Å². The Balaban J connectivity index is 1.58. The van der Waals surface area contributed by atoms with Crippen LogP contribution in [0.1, 0.15) is 58.3 Å². The first kappa shape index (κ1) is 21.1. The molecule has 1 N–H and O–H groups in total. The van der Waals surface area contributed by atoms with Crippen LogP contribution in [0.2, 0.25) is 0 Å². The number of carbonyl (C=O) groups excluding carboxylic acids is 2. The van der Waals surface area contributed by atoms with Crippen LogP contribution in [-0.2, 0) is 14.3 Å². The summed E-state index contributed by atoms with van der Waals surface area (Å²) < 4.78 is 15.9. The van der Waals surface area contributed by atoms with E-state index in [4.69, 9.17) is 14.2 Å². The van der Waals surface area contributed by atoms with Crippen molar-refractivity contribution in [3.8, 4) is 11.5 Å². The number of hydrogen-bond donors (Lipinski definition) is 1. The Morgan fingerprint density at radius 2 is 1.56 bits per heavy atom. The van der Waals surface area contributed by atoms with Gasteiger partial charge in [0.1, 0.15) is 11.5 Å². The van der Waals surface area contributed by atoms with E-state index in [0.717, 1.165) is 31.4 Å². The lowest BCUT2D eigenvalue weighted by molar-refractivity contribution is -0.149. The van der Waals surface area contributed by atoms with Gasteiger partial charge in [-0.1, -0.05) is 32.1 Å². The van der Waals surface area contributed by atoms with Gasteiger partial charge in [-0.05, 0) is 44.0 Å². The number of hydrogen-bond acceptors (Lipinski definition) is 5. The van der Waals surface area contributed by atoms with Crippen molar-refractivity contribution in [1.29, 1.82) is 0 Å². The molecular weight excluding hydrogens is 346 g/mol. The van der Waals surface area contributed by atoms with Gasteiger partial charge in [0.2, 0.25) is 0 Å². The monoisotopic (exact) mass is 377 g/mol. The number of carbonyl (C=O) groups is 2. The molecule has 1 amide bonds. The largest absolute Gasteiger partial charge is 0.494 e. The quantitative estimate of drug-likeness (QED) is 0.665. The minimum atomic E-state index is -0.436. The molecule has 2 rings (SSSR count). The van der Waals surface area contributed by atoms with Gasteiger partial charge in [0.15, 0.2) is 6.61 Å². The molecule has 1 aromatic carbocycles. The second-order valence-corrected chi connectivity index (χ2v) is 6.77. The van der Waals surface area contributed by atoms with Crippen molar-refractivity contribution in [2.45, 2.75) is 64.3 Å². The molecule has 0 atom stereocenters. The fourth-order valence-electron chi connectivity index (χ4n) is 3.14. The molecule has 6 heteroatoms. The molecule has 1 aromatic rings. The zero-order valence-corrected chi connectivity index (χ0v) is 16.2. The Bertz CT molecular complexity index is 564. The Morgan fingerprint density at radius 1 is 0.963 bits per heavy atom. The van der Waals surface area contributed by atoms with E-state index in [1.54, 1.807) is 12.1 Å². The van der Waals surface area contributed by atoms with E-state index in [1.807, 2.05) is 19.1 Å². The topological polar surface area (TPSA) is 73.9 Å². The van der Waals surface area contributed by atoms with Gasteiger partial charge in [-0.25, -0.2) is 0 Å². The SMILES string of the molecule is CCOc1ccc(OCCC(=O)OCC(=O)NC2CCCCCCC2)cc1. The third kappa shape index (κ3) is 8.80. The van der Waals surface area contributed by atoms with E-state index in [-0.39, 0.29) is 31.6 Å². The lowest BCUT2D eigenvalue weighted by Crippen LogP contribution is -2.38. The zero-order valence-electron chi connectivity index (χ0n) is 16.2. The fourth-order valence-corrected chi connectivity index (χ4v) is 3.14. The fraction of sp³-hybridized carbons (Fsp3) is 0.619. The van der Waals surface area contributed by atoms with Gasteiger partial charge in [0.25, 0.3) is 5.91 Å². The molecule has 0 radical (unpaired) electrons. The smallest absolute Gasteiger partial charge is 0.309 e. The summed E-state index contributed by atoms with van der Waals surface area (Å²) in [4.78, 5) is 23.7. The molecule has 0 bridgehead atoms. The normalized spacial score (nSPS) is 15.3. The van der Waals surface area contributed by atoms with Gasteiger partial charge in [0.05, 0.1) is 19.6 Å². The Labute approximate surface area is 161 Å². The first-order valence-corrected chi connectivity index (χ1v) is 9.98. The molecular formula is C21H31NO5. The molecule has 0 heterocycles. The van der Waals surface area contributed by atoms with Crippen LogP contribution in [0.25, 0.3) is 0 Å². The molecule has 0 saturated heterocycles. The van der Waals surface area contributed by atoms with Crippen LogP contribution >= 0.6 is 0 Å². The summed E-state index contributed by atoms with van der Waals surface area (Å²) in [6, 6.07) is 7.42. The third-order valence-corrected chi connectivity index (χ3v) is 4.54. The highest BCUT2D eigenvalue weighted by molar-refractivity contribution is 5.80. The Kier molecular flexibility index (Phi) is 9.52. The average Bonchev–Trinajstić information content (AvgIpc) is 2.64. The van der Waals surface area contributed by atoms with E-state index in [0.29, 0.717) is 12.4 Å². The average molecular weight is 377 g/mol. The highest BCUT2D eigenvalue weighted by Crippen LogP contribution is 2.18. The first-order valence-electron chi connectivity index (χ1n) is 9.98. The second-order valence-electron chi connectivity index (χ2n) is 6.77. The van der Waals surface area contributed by atoms with Gasteiger partial charge < -0.3 is 19.5 Å². The molecule has 6 nitrogen and oxygen atoms in total. The van der Waals surface area contributed by atoms with Crippen LogP contribution in [0, 0.1) is 0 Å². The van der Waals surface area contributed by atoms with Crippen molar-refractivity contribution < 1.29 is 23.8 Å². The molecule has 1 aliphatic rings. The Hall–Kier alpha value is -2.24. The molecule has 1 aliphatic carbocycles.